The van der Waals surface area contributed by atoms with Crippen molar-refractivity contribution in [2.45, 2.75) is 17.1 Å². The van der Waals surface area contributed by atoms with Gasteiger partial charge in [0, 0.05) is 17.5 Å². The summed E-state index contributed by atoms with van der Waals surface area (Å²) < 4.78 is 0. The lowest BCUT2D eigenvalue weighted by atomic mass is 10.2. The molecule has 84 valence electrons. The van der Waals surface area contributed by atoms with Crippen molar-refractivity contribution in [3.8, 4) is 0 Å². The fourth-order valence-electron chi connectivity index (χ4n) is 1.67. The van der Waals surface area contributed by atoms with Crippen LogP contribution in [-0.2, 0) is 4.79 Å². The van der Waals surface area contributed by atoms with E-state index in [2.05, 4.69) is 0 Å². The van der Waals surface area contributed by atoms with E-state index >= 15 is 0 Å². The van der Waals surface area contributed by atoms with Crippen molar-refractivity contribution in [2.75, 3.05) is 11.9 Å². The van der Waals surface area contributed by atoms with Crippen LogP contribution in [0.5, 0.6) is 0 Å². The Morgan fingerprint density at radius 1 is 1.50 bits per heavy atom. The average Bonchev–Trinajstić information content (AvgIpc) is 2.25. The normalized spacial score (nSPS) is 19.5. The summed E-state index contributed by atoms with van der Waals surface area (Å²) in [6.07, 6.45) is 0. The Balaban J connectivity index is 2.49. The van der Waals surface area contributed by atoms with Crippen molar-refractivity contribution in [1.82, 2.24) is 0 Å². The van der Waals surface area contributed by atoms with Crippen molar-refractivity contribution in [3.63, 3.8) is 0 Å². The summed E-state index contributed by atoms with van der Waals surface area (Å²) in [5, 5.41) is -0.124. The summed E-state index contributed by atoms with van der Waals surface area (Å²) in [4.78, 5) is 25.3. The highest BCUT2D eigenvalue weighted by Crippen LogP contribution is 2.38. The van der Waals surface area contributed by atoms with Gasteiger partial charge in [0.15, 0.2) is 0 Å². The van der Waals surface area contributed by atoms with Gasteiger partial charge in [-0.15, -0.1) is 11.8 Å². The summed E-state index contributed by atoms with van der Waals surface area (Å²) in [6.45, 7) is 1.85. The van der Waals surface area contributed by atoms with E-state index < -0.39 is 5.91 Å². The number of hydrogen-bond donors (Lipinski definition) is 1. The summed E-state index contributed by atoms with van der Waals surface area (Å²) in [5.74, 6) is -0.375. The van der Waals surface area contributed by atoms with E-state index in [9.17, 15) is 9.59 Å². The molecule has 4 nitrogen and oxygen atoms in total. The van der Waals surface area contributed by atoms with Crippen LogP contribution in [0.3, 0.4) is 0 Å². The Hall–Kier alpha value is -1.49. The molecule has 16 heavy (non-hydrogen) atoms. The number of carbonyl (C=O) groups excluding carboxylic acids is 2. The fourth-order valence-corrected chi connectivity index (χ4v) is 2.83. The van der Waals surface area contributed by atoms with E-state index in [0.717, 1.165) is 10.6 Å². The molecule has 1 unspecified atom stereocenters. The number of nitrogens with zero attached hydrogens (tertiary/aromatic N) is 1. The minimum absolute atomic E-state index is 0.0734. The lowest BCUT2D eigenvalue weighted by Gasteiger charge is -2.29. The molecule has 2 N–H and O–H groups in total. The topological polar surface area (TPSA) is 63.4 Å². The molecule has 1 heterocycles. The Labute approximate surface area is 97.8 Å². The molecular formula is C11H12N2O2S. The van der Waals surface area contributed by atoms with Crippen LogP contribution in [0, 0.1) is 0 Å². The lowest BCUT2D eigenvalue weighted by Crippen LogP contribution is -2.36. The van der Waals surface area contributed by atoms with E-state index in [1.807, 2.05) is 6.92 Å². The molecule has 0 spiro atoms. The van der Waals surface area contributed by atoms with Crippen LogP contribution in [0.25, 0.3) is 0 Å². The maximum absolute atomic E-state index is 11.7. The van der Waals surface area contributed by atoms with E-state index in [1.165, 1.54) is 11.8 Å². The van der Waals surface area contributed by atoms with Crippen LogP contribution >= 0.6 is 11.8 Å². The number of carbonyl (C=O) groups is 2. The quantitative estimate of drug-likeness (QED) is 0.798. The Bertz CT molecular complexity index is 473. The second-order valence-electron chi connectivity index (χ2n) is 3.70. The van der Waals surface area contributed by atoms with E-state index in [1.54, 1.807) is 30.1 Å². The van der Waals surface area contributed by atoms with E-state index in [-0.39, 0.29) is 11.2 Å². The Kier molecular flexibility index (Phi) is 2.63. The molecule has 0 aliphatic carbocycles. The second-order valence-corrected chi connectivity index (χ2v) is 5.09. The van der Waals surface area contributed by atoms with Gasteiger partial charge in [-0.05, 0) is 25.1 Å². The molecule has 1 aromatic carbocycles. The molecule has 1 aliphatic rings. The molecule has 0 saturated carbocycles. The number of nitrogens with two attached hydrogens (primary N) is 1. The van der Waals surface area contributed by atoms with Crippen LogP contribution < -0.4 is 10.6 Å². The highest BCUT2D eigenvalue weighted by atomic mass is 32.2. The summed E-state index contributed by atoms with van der Waals surface area (Å²) in [7, 11) is 1.74. The van der Waals surface area contributed by atoms with Crippen LogP contribution in [0.15, 0.2) is 23.1 Å². The molecule has 0 fully saturated rings. The summed E-state index contributed by atoms with van der Waals surface area (Å²) in [5.41, 5.74) is 6.52. The van der Waals surface area contributed by atoms with Crippen molar-refractivity contribution in [3.05, 3.63) is 23.8 Å². The van der Waals surface area contributed by atoms with Crippen LogP contribution in [-0.4, -0.2) is 24.1 Å². The molecule has 2 rings (SSSR count). The Morgan fingerprint density at radius 2 is 2.19 bits per heavy atom. The van der Waals surface area contributed by atoms with Gasteiger partial charge in [0.2, 0.25) is 11.8 Å². The van der Waals surface area contributed by atoms with Crippen molar-refractivity contribution >= 4 is 29.3 Å². The lowest BCUT2D eigenvalue weighted by molar-refractivity contribution is -0.117. The molecule has 0 radical (unpaired) electrons. The van der Waals surface area contributed by atoms with Gasteiger partial charge in [0.05, 0.1) is 10.9 Å². The van der Waals surface area contributed by atoms with Gasteiger partial charge < -0.3 is 10.6 Å². The molecule has 0 aromatic heterocycles. The first kappa shape index (κ1) is 11.0. The zero-order chi connectivity index (χ0) is 11.9. The largest absolute Gasteiger partial charge is 0.366 e. The van der Waals surface area contributed by atoms with Gasteiger partial charge in [-0.3, -0.25) is 9.59 Å². The number of fused-ring (bicyclic) bond motifs is 1. The third-order valence-electron chi connectivity index (χ3n) is 2.59. The average molecular weight is 236 g/mol. The van der Waals surface area contributed by atoms with Crippen molar-refractivity contribution in [1.29, 1.82) is 0 Å². The number of amides is 2. The Morgan fingerprint density at radius 3 is 2.81 bits per heavy atom. The van der Waals surface area contributed by atoms with Gasteiger partial charge in [-0.1, -0.05) is 0 Å². The zero-order valence-corrected chi connectivity index (χ0v) is 9.88. The molecule has 1 aliphatic heterocycles. The van der Waals surface area contributed by atoms with E-state index in [0.29, 0.717) is 5.56 Å². The van der Waals surface area contributed by atoms with Gasteiger partial charge in [0.1, 0.15) is 0 Å². The summed E-state index contributed by atoms with van der Waals surface area (Å²) >= 11 is 1.46. The number of hydrogen-bond acceptors (Lipinski definition) is 3. The third-order valence-corrected chi connectivity index (χ3v) is 3.72. The number of benzene rings is 1. The van der Waals surface area contributed by atoms with Crippen LogP contribution in [0.2, 0.25) is 0 Å². The smallest absolute Gasteiger partial charge is 0.248 e. The maximum Gasteiger partial charge on any atom is 0.248 e. The summed E-state index contributed by atoms with van der Waals surface area (Å²) in [6, 6.07) is 5.13. The predicted molar refractivity (Wildman–Crippen MR) is 63.7 cm³/mol. The first-order chi connectivity index (χ1) is 7.50. The van der Waals surface area contributed by atoms with Gasteiger partial charge in [-0.25, -0.2) is 0 Å². The monoisotopic (exact) mass is 236 g/mol. The van der Waals surface area contributed by atoms with Gasteiger partial charge in [-0.2, -0.15) is 0 Å². The van der Waals surface area contributed by atoms with Crippen molar-refractivity contribution < 1.29 is 9.59 Å². The highest BCUT2D eigenvalue weighted by Gasteiger charge is 2.28. The molecule has 0 bridgehead atoms. The van der Waals surface area contributed by atoms with E-state index in [4.69, 9.17) is 5.73 Å². The first-order valence-electron chi connectivity index (χ1n) is 4.89. The zero-order valence-electron chi connectivity index (χ0n) is 9.06. The minimum atomic E-state index is -0.449. The van der Waals surface area contributed by atoms with Crippen LogP contribution in [0.1, 0.15) is 17.3 Å². The molecule has 1 aromatic rings. The molecule has 2 amide bonds. The molecule has 5 heteroatoms. The van der Waals surface area contributed by atoms with Gasteiger partial charge >= 0.3 is 0 Å². The van der Waals surface area contributed by atoms with Crippen LogP contribution in [0.4, 0.5) is 5.69 Å². The molecular weight excluding hydrogens is 224 g/mol. The highest BCUT2D eigenvalue weighted by molar-refractivity contribution is 8.01. The molecule has 1 atom stereocenters. The SMILES string of the molecule is CC1Sc2cc(C(N)=O)ccc2N(C)C1=O. The number of anilines is 1. The molecule has 0 saturated heterocycles. The van der Waals surface area contributed by atoms with Gasteiger partial charge in [0.25, 0.3) is 0 Å². The number of thioether (sulfide) groups is 1. The first-order valence-corrected chi connectivity index (χ1v) is 5.76. The standard InChI is InChI=1S/C11H12N2O2S/c1-6-11(15)13(2)8-4-3-7(10(12)14)5-9(8)16-6/h3-6H,1-2H3,(H2,12,14). The second kappa shape index (κ2) is 3.83. The minimum Gasteiger partial charge on any atom is -0.366 e. The number of primary amides is 1. The fraction of sp³-hybridized carbons (Fsp3) is 0.273. The third kappa shape index (κ3) is 1.67. The maximum atomic E-state index is 11.7. The van der Waals surface area contributed by atoms with Crippen molar-refractivity contribution in [2.24, 2.45) is 5.73 Å². The number of rotatable bonds is 1. The predicted octanol–water partition coefficient (Wildman–Crippen LogP) is 1.24.